The summed E-state index contributed by atoms with van der Waals surface area (Å²) in [5.74, 6) is -0.0255. The van der Waals surface area contributed by atoms with Crippen molar-refractivity contribution in [2.45, 2.75) is 50.5 Å². The molecule has 2 amide bonds. The SMILES string of the molecule is COc1cc(C[C@]2(CCC(=O)N3CCCC3)CCC(=O)N2)ccc1F. The van der Waals surface area contributed by atoms with Crippen LogP contribution in [0.2, 0.25) is 0 Å². The minimum atomic E-state index is -0.435. The minimum Gasteiger partial charge on any atom is -0.494 e. The average Bonchev–Trinajstić information content (AvgIpc) is 3.25. The number of benzene rings is 1. The van der Waals surface area contributed by atoms with E-state index in [1.54, 1.807) is 12.1 Å². The van der Waals surface area contributed by atoms with Crippen molar-refractivity contribution in [3.63, 3.8) is 0 Å². The highest BCUT2D eigenvalue weighted by Crippen LogP contribution is 2.31. The lowest BCUT2D eigenvalue weighted by Gasteiger charge is -2.30. The molecule has 2 fully saturated rings. The third-order valence-corrected chi connectivity index (χ3v) is 5.27. The number of ether oxygens (including phenoxy) is 1. The van der Waals surface area contributed by atoms with Crippen LogP contribution < -0.4 is 10.1 Å². The van der Waals surface area contributed by atoms with Crippen LogP contribution in [0.1, 0.15) is 44.1 Å². The fourth-order valence-corrected chi connectivity index (χ4v) is 3.86. The summed E-state index contributed by atoms with van der Waals surface area (Å²) in [6, 6.07) is 4.77. The average molecular weight is 348 g/mol. The van der Waals surface area contributed by atoms with Crippen molar-refractivity contribution >= 4 is 11.8 Å². The van der Waals surface area contributed by atoms with Gasteiger partial charge in [0.05, 0.1) is 7.11 Å². The molecule has 1 aromatic rings. The summed E-state index contributed by atoms with van der Waals surface area (Å²) in [5.41, 5.74) is 0.462. The number of hydrogen-bond donors (Lipinski definition) is 1. The maximum atomic E-state index is 13.6. The van der Waals surface area contributed by atoms with Gasteiger partial charge in [-0.05, 0) is 49.8 Å². The Kier molecular flexibility index (Phi) is 5.25. The molecule has 0 spiro atoms. The number of halogens is 1. The van der Waals surface area contributed by atoms with E-state index >= 15 is 0 Å². The van der Waals surface area contributed by atoms with Gasteiger partial charge in [-0.3, -0.25) is 9.59 Å². The summed E-state index contributed by atoms with van der Waals surface area (Å²) in [6.07, 6.45) is 4.91. The predicted molar refractivity (Wildman–Crippen MR) is 91.8 cm³/mol. The number of carbonyl (C=O) groups is 2. The van der Waals surface area contributed by atoms with Crippen molar-refractivity contribution in [2.24, 2.45) is 0 Å². The van der Waals surface area contributed by atoms with Crippen LogP contribution >= 0.6 is 0 Å². The molecule has 2 aliphatic heterocycles. The Hall–Kier alpha value is -2.11. The van der Waals surface area contributed by atoms with Crippen LogP contribution in [0, 0.1) is 5.82 Å². The summed E-state index contributed by atoms with van der Waals surface area (Å²) in [7, 11) is 1.43. The van der Waals surface area contributed by atoms with E-state index in [4.69, 9.17) is 4.74 Å². The third-order valence-electron chi connectivity index (χ3n) is 5.27. The van der Waals surface area contributed by atoms with Crippen molar-refractivity contribution in [1.29, 1.82) is 0 Å². The molecule has 1 aromatic carbocycles. The highest BCUT2D eigenvalue weighted by Gasteiger charge is 2.38. The van der Waals surface area contributed by atoms with Gasteiger partial charge in [-0.15, -0.1) is 0 Å². The molecule has 0 aliphatic carbocycles. The highest BCUT2D eigenvalue weighted by atomic mass is 19.1. The Morgan fingerprint density at radius 1 is 1.36 bits per heavy atom. The van der Waals surface area contributed by atoms with Gasteiger partial charge in [0.15, 0.2) is 11.6 Å². The van der Waals surface area contributed by atoms with Crippen LogP contribution in [-0.2, 0) is 16.0 Å². The first-order valence-electron chi connectivity index (χ1n) is 8.93. The summed E-state index contributed by atoms with van der Waals surface area (Å²) in [5, 5.41) is 3.07. The number of nitrogens with one attached hydrogen (secondary N) is 1. The van der Waals surface area contributed by atoms with Gasteiger partial charge < -0.3 is 15.0 Å². The number of methoxy groups -OCH3 is 1. The van der Waals surface area contributed by atoms with E-state index in [0.29, 0.717) is 32.1 Å². The van der Waals surface area contributed by atoms with E-state index in [0.717, 1.165) is 31.5 Å². The van der Waals surface area contributed by atoms with Gasteiger partial charge in [0, 0.05) is 31.5 Å². The molecule has 0 bridgehead atoms. The van der Waals surface area contributed by atoms with Gasteiger partial charge in [-0.2, -0.15) is 0 Å². The second-order valence-corrected chi connectivity index (χ2v) is 7.06. The lowest BCUT2D eigenvalue weighted by Crippen LogP contribution is -2.44. The monoisotopic (exact) mass is 348 g/mol. The molecule has 3 rings (SSSR count). The summed E-state index contributed by atoms with van der Waals surface area (Å²) in [6.45, 7) is 1.68. The highest BCUT2D eigenvalue weighted by molar-refractivity contribution is 5.80. The van der Waals surface area contributed by atoms with Crippen LogP contribution in [0.5, 0.6) is 5.75 Å². The molecular weight excluding hydrogens is 323 g/mol. The molecule has 2 aliphatic rings. The van der Waals surface area contributed by atoms with Crippen molar-refractivity contribution in [1.82, 2.24) is 10.2 Å². The second kappa shape index (κ2) is 7.42. The topological polar surface area (TPSA) is 58.6 Å². The zero-order valence-electron chi connectivity index (χ0n) is 14.6. The number of carbonyl (C=O) groups excluding carboxylic acids is 2. The zero-order chi connectivity index (χ0) is 17.9. The molecule has 0 unspecified atom stereocenters. The standard InChI is InChI=1S/C19H25FN2O3/c1-25-16-12-14(4-5-15(16)20)13-19(8-6-17(23)21-19)9-7-18(24)22-10-2-3-11-22/h4-5,12H,2-3,6-11,13H2,1H3,(H,21,23)/t19-/m1/s1. The van der Waals surface area contributed by atoms with Gasteiger partial charge in [0.1, 0.15) is 0 Å². The fourth-order valence-electron chi connectivity index (χ4n) is 3.86. The van der Waals surface area contributed by atoms with Crippen LogP contribution in [-0.4, -0.2) is 42.5 Å². The predicted octanol–water partition coefficient (Wildman–Crippen LogP) is 2.43. The van der Waals surface area contributed by atoms with Crippen molar-refractivity contribution in [3.05, 3.63) is 29.6 Å². The van der Waals surface area contributed by atoms with Gasteiger partial charge in [-0.1, -0.05) is 6.07 Å². The molecular formula is C19H25FN2O3. The molecule has 136 valence electrons. The van der Waals surface area contributed by atoms with Crippen molar-refractivity contribution in [3.8, 4) is 5.75 Å². The van der Waals surface area contributed by atoms with Gasteiger partial charge in [0.25, 0.3) is 0 Å². The fraction of sp³-hybridized carbons (Fsp3) is 0.579. The summed E-state index contributed by atoms with van der Waals surface area (Å²) >= 11 is 0. The van der Waals surface area contributed by atoms with Crippen LogP contribution in [0.25, 0.3) is 0 Å². The number of hydrogen-bond acceptors (Lipinski definition) is 3. The molecule has 1 N–H and O–H groups in total. The van der Waals surface area contributed by atoms with Crippen molar-refractivity contribution < 1.29 is 18.7 Å². The summed E-state index contributed by atoms with van der Waals surface area (Å²) in [4.78, 5) is 26.1. The quantitative estimate of drug-likeness (QED) is 0.859. The number of rotatable bonds is 6. The van der Waals surface area contributed by atoms with Gasteiger partial charge >= 0.3 is 0 Å². The lowest BCUT2D eigenvalue weighted by atomic mass is 9.84. The molecule has 2 heterocycles. The Morgan fingerprint density at radius 2 is 2.12 bits per heavy atom. The molecule has 1 atom stereocenters. The largest absolute Gasteiger partial charge is 0.494 e. The van der Waals surface area contributed by atoms with E-state index in [1.807, 2.05) is 4.90 Å². The maximum absolute atomic E-state index is 13.6. The Morgan fingerprint density at radius 3 is 2.76 bits per heavy atom. The lowest BCUT2D eigenvalue weighted by molar-refractivity contribution is -0.130. The van der Waals surface area contributed by atoms with Crippen LogP contribution in [0.15, 0.2) is 18.2 Å². The first kappa shape index (κ1) is 17.7. The Labute approximate surface area is 147 Å². The van der Waals surface area contributed by atoms with E-state index in [9.17, 15) is 14.0 Å². The van der Waals surface area contributed by atoms with E-state index in [2.05, 4.69) is 5.32 Å². The van der Waals surface area contributed by atoms with E-state index < -0.39 is 11.4 Å². The van der Waals surface area contributed by atoms with Crippen LogP contribution in [0.4, 0.5) is 4.39 Å². The number of likely N-dealkylation sites (tertiary alicyclic amines) is 1. The Bertz CT molecular complexity index is 658. The van der Waals surface area contributed by atoms with E-state index in [-0.39, 0.29) is 17.6 Å². The van der Waals surface area contributed by atoms with E-state index in [1.165, 1.54) is 13.2 Å². The smallest absolute Gasteiger partial charge is 0.222 e. The summed E-state index contributed by atoms with van der Waals surface area (Å²) < 4.78 is 18.7. The van der Waals surface area contributed by atoms with Crippen molar-refractivity contribution in [2.75, 3.05) is 20.2 Å². The van der Waals surface area contributed by atoms with Gasteiger partial charge in [-0.25, -0.2) is 4.39 Å². The molecule has 0 saturated carbocycles. The molecule has 0 radical (unpaired) electrons. The maximum Gasteiger partial charge on any atom is 0.222 e. The van der Waals surface area contributed by atoms with Gasteiger partial charge in [0.2, 0.25) is 11.8 Å². The molecule has 6 heteroatoms. The first-order chi connectivity index (χ1) is 12.0. The first-order valence-corrected chi connectivity index (χ1v) is 8.93. The minimum absolute atomic E-state index is 0.0164. The second-order valence-electron chi connectivity index (χ2n) is 7.06. The molecule has 2 saturated heterocycles. The molecule has 0 aromatic heterocycles. The molecule has 25 heavy (non-hydrogen) atoms. The zero-order valence-corrected chi connectivity index (χ0v) is 14.6. The number of amides is 2. The van der Waals surface area contributed by atoms with Crippen LogP contribution in [0.3, 0.4) is 0 Å². The molecule has 5 nitrogen and oxygen atoms in total. The normalized spacial score (nSPS) is 23.0. The number of nitrogens with zero attached hydrogens (tertiary/aromatic N) is 1. The Balaban J connectivity index is 1.70. The third kappa shape index (κ3) is 4.11.